The van der Waals surface area contributed by atoms with Gasteiger partial charge in [-0.25, -0.2) is 0 Å². The Hall–Kier alpha value is 0.150. The van der Waals surface area contributed by atoms with Crippen LogP contribution < -0.4 is 0 Å². The van der Waals surface area contributed by atoms with Crippen LogP contribution in [-0.2, 0) is 4.57 Å². The van der Waals surface area contributed by atoms with Gasteiger partial charge in [-0.1, -0.05) is 58.8 Å². The van der Waals surface area contributed by atoms with Crippen molar-refractivity contribution >= 4 is 8.25 Å². The monoisotopic (exact) mass is 210 g/mol. The molecule has 0 atom stereocenters. The fourth-order valence-corrected chi connectivity index (χ4v) is 1.03. The standard InChI is InChI=1S/C9H20.H3O3P/c1-3-5-7-9-8-6-4-2;1-4(2)3/h3-9H2,1-2H3;4H,(H2,1,2,3). The molecule has 0 saturated heterocycles. The van der Waals surface area contributed by atoms with Crippen molar-refractivity contribution in [3.8, 4) is 0 Å². The molecule has 0 aliphatic carbocycles. The van der Waals surface area contributed by atoms with E-state index in [1.54, 1.807) is 0 Å². The van der Waals surface area contributed by atoms with Crippen LogP contribution >= 0.6 is 8.25 Å². The second kappa shape index (κ2) is 14.7. The largest absolute Gasteiger partial charge is 0.326 e. The highest BCUT2D eigenvalue weighted by molar-refractivity contribution is 7.30. The van der Waals surface area contributed by atoms with Crippen molar-refractivity contribution in [2.45, 2.75) is 58.8 Å². The normalized spacial score (nSPS) is 9.62. The third-order valence-electron chi connectivity index (χ3n) is 1.71. The molecule has 0 aliphatic heterocycles. The van der Waals surface area contributed by atoms with E-state index in [9.17, 15) is 0 Å². The zero-order valence-electron chi connectivity index (χ0n) is 8.75. The highest BCUT2D eigenvalue weighted by Crippen LogP contribution is 2.05. The summed E-state index contributed by atoms with van der Waals surface area (Å²) in [5, 5.41) is 0. The molecule has 0 aromatic rings. The maximum atomic E-state index is 8.74. The molecule has 0 fully saturated rings. The molecule has 0 aromatic carbocycles. The topological polar surface area (TPSA) is 57.5 Å². The van der Waals surface area contributed by atoms with E-state index in [0.29, 0.717) is 0 Å². The average molecular weight is 210 g/mol. The molecular weight excluding hydrogens is 187 g/mol. The molecule has 82 valence electrons. The van der Waals surface area contributed by atoms with Gasteiger partial charge in [-0.05, 0) is 0 Å². The Morgan fingerprint density at radius 1 is 0.846 bits per heavy atom. The Morgan fingerprint density at radius 3 is 1.31 bits per heavy atom. The van der Waals surface area contributed by atoms with Crippen molar-refractivity contribution in [3.63, 3.8) is 0 Å². The average Bonchev–Trinajstić information content (AvgIpc) is 2.03. The van der Waals surface area contributed by atoms with Crippen molar-refractivity contribution < 1.29 is 14.4 Å². The molecule has 0 bridgehead atoms. The second-order valence-corrected chi connectivity index (χ2v) is 3.62. The summed E-state index contributed by atoms with van der Waals surface area (Å²) in [6.45, 7) is 4.53. The number of rotatable bonds is 6. The predicted molar refractivity (Wildman–Crippen MR) is 57.1 cm³/mol. The molecule has 4 heteroatoms. The molecule has 0 aliphatic rings. The third-order valence-corrected chi connectivity index (χ3v) is 1.71. The summed E-state index contributed by atoms with van der Waals surface area (Å²) >= 11 is 0. The summed E-state index contributed by atoms with van der Waals surface area (Å²) in [6, 6.07) is 0. The molecular formula is C9H23O3P. The van der Waals surface area contributed by atoms with Gasteiger partial charge in [0.25, 0.3) is 0 Å². The first kappa shape index (κ1) is 15.6. The molecule has 0 heterocycles. The second-order valence-electron chi connectivity index (χ2n) is 3.05. The zero-order chi connectivity index (χ0) is 10.5. The summed E-state index contributed by atoms with van der Waals surface area (Å²) < 4.78 is 8.74. The van der Waals surface area contributed by atoms with Gasteiger partial charge in [-0.15, -0.1) is 0 Å². The van der Waals surface area contributed by atoms with Crippen LogP contribution in [0.1, 0.15) is 58.8 Å². The Bertz CT molecular complexity index is 97.0. The van der Waals surface area contributed by atoms with E-state index in [4.69, 9.17) is 14.4 Å². The van der Waals surface area contributed by atoms with Crippen molar-refractivity contribution in [2.75, 3.05) is 0 Å². The maximum Gasteiger partial charge on any atom is 0.314 e. The first-order valence-corrected chi connectivity index (χ1v) is 6.37. The molecule has 0 unspecified atom stereocenters. The Balaban J connectivity index is 0. The van der Waals surface area contributed by atoms with E-state index >= 15 is 0 Å². The maximum absolute atomic E-state index is 8.74. The molecule has 13 heavy (non-hydrogen) atoms. The highest BCUT2D eigenvalue weighted by atomic mass is 31.1. The molecule has 2 N–H and O–H groups in total. The zero-order valence-corrected chi connectivity index (χ0v) is 9.75. The van der Waals surface area contributed by atoms with Crippen molar-refractivity contribution in [1.29, 1.82) is 0 Å². The summed E-state index contributed by atoms with van der Waals surface area (Å²) in [6.07, 6.45) is 9.97. The minimum absolute atomic E-state index is 1.37. The van der Waals surface area contributed by atoms with Crippen molar-refractivity contribution in [3.05, 3.63) is 0 Å². The summed E-state index contributed by atoms with van der Waals surface area (Å²) in [7, 11) is -3.13. The lowest BCUT2D eigenvalue weighted by Gasteiger charge is -1.96. The minimum Gasteiger partial charge on any atom is -0.326 e. The van der Waals surface area contributed by atoms with Gasteiger partial charge in [-0.3, -0.25) is 4.57 Å². The van der Waals surface area contributed by atoms with Gasteiger partial charge in [0.1, 0.15) is 0 Å². The lowest BCUT2D eigenvalue weighted by Crippen LogP contribution is -1.76. The Kier molecular flexibility index (Phi) is 17.6. The predicted octanol–water partition coefficient (Wildman–Crippen LogP) is 3.12. The smallest absolute Gasteiger partial charge is 0.314 e. The number of hydrogen-bond acceptors (Lipinski definition) is 1. The SMILES string of the molecule is CCCCCCCCC.O=[PH](O)O. The quantitative estimate of drug-likeness (QED) is 0.523. The third kappa shape index (κ3) is 33.1. The van der Waals surface area contributed by atoms with E-state index in [0.717, 1.165) is 0 Å². The van der Waals surface area contributed by atoms with Crippen LogP contribution in [0, 0.1) is 0 Å². The molecule has 0 amide bonds. The fraction of sp³-hybridized carbons (Fsp3) is 1.00. The summed E-state index contributed by atoms with van der Waals surface area (Å²) in [5.74, 6) is 0. The Labute approximate surface area is 82.1 Å². The summed E-state index contributed by atoms with van der Waals surface area (Å²) in [4.78, 5) is 14.3. The summed E-state index contributed by atoms with van der Waals surface area (Å²) in [5.41, 5.74) is 0. The van der Waals surface area contributed by atoms with Gasteiger partial charge >= 0.3 is 8.25 Å². The molecule has 3 nitrogen and oxygen atoms in total. The van der Waals surface area contributed by atoms with Gasteiger partial charge in [0.15, 0.2) is 0 Å². The van der Waals surface area contributed by atoms with Crippen LogP contribution in [0.5, 0.6) is 0 Å². The fourth-order valence-electron chi connectivity index (χ4n) is 1.03. The lowest BCUT2D eigenvalue weighted by atomic mass is 10.1. The molecule has 0 spiro atoms. The molecule has 0 aromatic heterocycles. The van der Waals surface area contributed by atoms with E-state index in [1.807, 2.05) is 0 Å². The van der Waals surface area contributed by atoms with Crippen LogP contribution in [0.3, 0.4) is 0 Å². The van der Waals surface area contributed by atoms with Crippen molar-refractivity contribution in [2.24, 2.45) is 0 Å². The van der Waals surface area contributed by atoms with E-state index in [-0.39, 0.29) is 0 Å². The van der Waals surface area contributed by atoms with Gasteiger partial charge in [-0.2, -0.15) is 0 Å². The first-order chi connectivity index (χ1) is 6.15. The Morgan fingerprint density at radius 2 is 1.08 bits per heavy atom. The molecule has 0 radical (unpaired) electrons. The van der Waals surface area contributed by atoms with Crippen LogP contribution in [0.15, 0.2) is 0 Å². The lowest BCUT2D eigenvalue weighted by molar-refractivity contribution is 0.405. The van der Waals surface area contributed by atoms with Crippen LogP contribution in [0.4, 0.5) is 0 Å². The number of unbranched alkanes of at least 4 members (excludes halogenated alkanes) is 6. The first-order valence-electron chi connectivity index (χ1n) is 5.07. The molecule has 0 rings (SSSR count). The van der Waals surface area contributed by atoms with Gasteiger partial charge in [0.2, 0.25) is 0 Å². The van der Waals surface area contributed by atoms with Crippen LogP contribution in [0.2, 0.25) is 0 Å². The minimum atomic E-state index is -3.13. The van der Waals surface area contributed by atoms with Gasteiger partial charge < -0.3 is 9.79 Å². The molecule has 0 saturated carbocycles. The van der Waals surface area contributed by atoms with E-state index in [2.05, 4.69) is 13.8 Å². The van der Waals surface area contributed by atoms with Gasteiger partial charge in [0, 0.05) is 0 Å². The van der Waals surface area contributed by atoms with Crippen LogP contribution in [-0.4, -0.2) is 9.79 Å². The van der Waals surface area contributed by atoms with Crippen LogP contribution in [0.25, 0.3) is 0 Å². The highest BCUT2D eigenvalue weighted by Gasteiger charge is 1.85. The van der Waals surface area contributed by atoms with Crippen molar-refractivity contribution in [1.82, 2.24) is 0 Å². The van der Waals surface area contributed by atoms with E-state index < -0.39 is 8.25 Å². The van der Waals surface area contributed by atoms with Gasteiger partial charge in [0.05, 0.1) is 0 Å². The van der Waals surface area contributed by atoms with E-state index in [1.165, 1.54) is 44.9 Å². The number of hydrogen-bond donors (Lipinski definition) is 2.